The van der Waals surface area contributed by atoms with E-state index in [9.17, 15) is 18.0 Å². The van der Waals surface area contributed by atoms with Crippen molar-refractivity contribution in [2.24, 2.45) is 0 Å². The largest absolute Gasteiger partial charge is 0.405 e. The van der Waals surface area contributed by atoms with Gasteiger partial charge in [0, 0.05) is 0 Å². The third kappa shape index (κ3) is 4.00. The molecule has 1 aliphatic rings. The van der Waals surface area contributed by atoms with E-state index in [-0.39, 0.29) is 0 Å². The molecule has 124 valence electrons. The van der Waals surface area contributed by atoms with Gasteiger partial charge in [0.25, 0.3) is 0 Å². The summed E-state index contributed by atoms with van der Waals surface area (Å²) in [6.45, 7) is -0.0964. The molecule has 3 rings (SSSR count). The van der Waals surface area contributed by atoms with E-state index in [0.29, 0.717) is 19.5 Å². The van der Waals surface area contributed by atoms with Crippen LogP contribution >= 0.6 is 11.3 Å². The molecule has 4 nitrogen and oxygen atoms in total. The maximum absolute atomic E-state index is 12.2. The minimum absolute atomic E-state index is 0.490. The van der Waals surface area contributed by atoms with Crippen molar-refractivity contribution in [2.75, 3.05) is 13.1 Å². The van der Waals surface area contributed by atoms with Gasteiger partial charge in [0.2, 0.25) is 5.91 Å². The highest BCUT2D eigenvalue weighted by atomic mass is 32.1. The zero-order valence-electron chi connectivity index (χ0n) is 12.3. The molecular weight excluding hydrogens is 327 g/mol. The number of thiazole rings is 1. The summed E-state index contributed by atoms with van der Waals surface area (Å²) < 4.78 is 37.8. The number of fused-ring (bicyclic) bond motifs is 1. The van der Waals surface area contributed by atoms with Crippen LogP contribution in [0.25, 0.3) is 10.2 Å². The Morgan fingerprint density at radius 1 is 1.39 bits per heavy atom. The molecule has 8 heteroatoms. The quantitative estimate of drug-likeness (QED) is 0.928. The zero-order chi connectivity index (χ0) is 16.4. The predicted octanol–water partition coefficient (Wildman–Crippen LogP) is 2.94. The van der Waals surface area contributed by atoms with Crippen LogP contribution < -0.4 is 5.32 Å². The Balaban J connectivity index is 1.65. The van der Waals surface area contributed by atoms with E-state index in [1.54, 1.807) is 11.3 Å². The summed E-state index contributed by atoms with van der Waals surface area (Å²) in [6.07, 6.45) is -3.00. The first-order valence-electron chi connectivity index (χ1n) is 7.35. The van der Waals surface area contributed by atoms with Crippen LogP contribution in [0.4, 0.5) is 13.2 Å². The van der Waals surface area contributed by atoms with E-state index in [1.807, 2.05) is 34.5 Å². The van der Waals surface area contributed by atoms with Crippen molar-refractivity contribution in [1.29, 1.82) is 0 Å². The molecule has 1 amide bonds. The first kappa shape index (κ1) is 16.2. The van der Waals surface area contributed by atoms with Gasteiger partial charge in [-0.2, -0.15) is 13.2 Å². The molecule has 1 saturated heterocycles. The maximum Gasteiger partial charge on any atom is 0.405 e. The van der Waals surface area contributed by atoms with Gasteiger partial charge in [-0.25, -0.2) is 4.98 Å². The number of benzene rings is 1. The van der Waals surface area contributed by atoms with Crippen LogP contribution in [0.15, 0.2) is 24.3 Å². The fourth-order valence-electron chi connectivity index (χ4n) is 2.78. The lowest BCUT2D eigenvalue weighted by Crippen LogP contribution is -2.45. The number of aromatic nitrogens is 1. The first-order valence-corrected chi connectivity index (χ1v) is 8.17. The van der Waals surface area contributed by atoms with E-state index >= 15 is 0 Å². The monoisotopic (exact) mass is 343 g/mol. The zero-order valence-corrected chi connectivity index (χ0v) is 13.1. The number of carbonyl (C=O) groups is 1. The smallest absolute Gasteiger partial charge is 0.346 e. The van der Waals surface area contributed by atoms with E-state index in [1.165, 1.54) is 0 Å². The fraction of sp³-hybridized carbons (Fsp3) is 0.467. The Morgan fingerprint density at radius 2 is 2.17 bits per heavy atom. The third-order valence-electron chi connectivity index (χ3n) is 3.81. The van der Waals surface area contributed by atoms with Crippen molar-refractivity contribution in [3.05, 3.63) is 29.3 Å². The van der Waals surface area contributed by atoms with Crippen molar-refractivity contribution in [3.8, 4) is 0 Å². The average molecular weight is 343 g/mol. The number of rotatable bonds is 4. The maximum atomic E-state index is 12.2. The second-order valence-electron chi connectivity index (χ2n) is 5.54. The molecular formula is C15H16F3N3OS. The van der Waals surface area contributed by atoms with Crippen LogP contribution in [0.3, 0.4) is 0 Å². The van der Waals surface area contributed by atoms with E-state index in [4.69, 9.17) is 0 Å². The molecule has 1 fully saturated rings. The minimum atomic E-state index is -4.38. The SMILES string of the molecule is O=C(NCC(F)(F)F)C1CCCN1Cc1nc2ccccc2s1. The number of nitrogens with one attached hydrogen (secondary N) is 1. The number of likely N-dealkylation sites (tertiary alicyclic amines) is 1. The van der Waals surface area contributed by atoms with E-state index in [2.05, 4.69) is 4.98 Å². The first-order chi connectivity index (χ1) is 10.9. The molecule has 1 N–H and O–H groups in total. The average Bonchev–Trinajstić information content (AvgIpc) is 3.10. The van der Waals surface area contributed by atoms with Crippen molar-refractivity contribution in [1.82, 2.24) is 15.2 Å². The second kappa shape index (κ2) is 6.45. The lowest BCUT2D eigenvalue weighted by Gasteiger charge is -2.22. The van der Waals surface area contributed by atoms with E-state index in [0.717, 1.165) is 21.6 Å². The van der Waals surface area contributed by atoms with Crippen molar-refractivity contribution < 1.29 is 18.0 Å². The highest BCUT2D eigenvalue weighted by molar-refractivity contribution is 7.18. The topological polar surface area (TPSA) is 45.2 Å². The third-order valence-corrected chi connectivity index (χ3v) is 4.83. The Kier molecular flexibility index (Phi) is 4.54. The van der Waals surface area contributed by atoms with Crippen LogP contribution in [0.1, 0.15) is 17.8 Å². The molecule has 2 heterocycles. The van der Waals surface area contributed by atoms with Crippen LogP contribution in [-0.4, -0.2) is 41.1 Å². The molecule has 0 radical (unpaired) electrons. The summed E-state index contributed by atoms with van der Waals surface area (Å²) in [6, 6.07) is 7.24. The predicted molar refractivity (Wildman–Crippen MR) is 82.1 cm³/mol. The normalized spacial score (nSPS) is 19.3. The number of amides is 1. The number of alkyl halides is 3. The Bertz CT molecular complexity index is 668. The summed E-state index contributed by atoms with van der Waals surface area (Å²) >= 11 is 1.55. The number of para-hydroxylation sites is 1. The number of nitrogens with zero attached hydrogens (tertiary/aromatic N) is 2. The number of hydrogen-bond acceptors (Lipinski definition) is 4. The van der Waals surface area contributed by atoms with Crippen LogP contribution in [0.2, 0.25) is 0 Å². The Morgan fingerprint density at radius 3 is 2.91 bits per heavy atom. The number of carbonyl (C=O) groups excluding carboxylic acids is 1. The lowest BCUT2D eigenvalue weighted by molar-refractivity contribution is -0.141. The molecule has 1 aromatic carbocycles. The van der Waals surface area contributed by atoms with Gasteiger partial charge in [-0.15, -0.1) is 11.3 Å². The Hall–Kier alpha value is -1.67. The van der Waals surface area contributed by atoms with Gasteiger partial charge < -0.3 is 5.32 Å². The molecule has 23 heavy (non-hydrogen) atoms. The van der Waals surface area contributed by atoms with Crippen LogP contribution in [0, 0.1) is 0 Å². The van der Waals surface area contributed by atoms with Gasteiger partial charge in [-0.1, -0.05) is 12.1 Å². The molecule has 0 bridgehead atoms. The highest BCUT2D eigenvalue weighted by Gasteiger charge is 2.34. The van der Waals surface area contributed by atoms with Crippen molar-refractivity contribution >= 4 is 27.5 Å². The Labute approximate surface area is 135 Å². The minimum Gasteiger partial charge on any atom is -0.346 e. The molecule has 0 aliphatic carbocycles. The summed E-state index contributed by atoms with van der Waals surface area (Å²) in [4.78, 5) is 18.4. The molecule has 1 aromatic heterocycles. The number of hydrogen-bond donors (Lipinski definition) is 1. The van der Waals surface area contributed by atoms with Gasteiger partial charge in [0.15, 0.2) is 0 Å². The molecule has 1 unspecified atom stereocenters. The summed E-state index contributed by atoms with van der Waals surface area (Å²) in [5, 5.41) is 2.86. The van der Waals surface area contributed by atoms with Crippen molar-refractivity contribution in [3.63, 3.8) is 0 Å². The fourth-order valence-corrected chi connectivity index (χ4v) is 3.77. The van der Waals surface area contributed by atoms with Gasteiger partial charge in [0.1, 0.15) is 11.6 Å². The molecule has 2 aromatic rings. The summed E-state index contributed by atoms with van der Waals surface area (Å²) in [7, 11) is 0. The summed E-state index contributed by atoms with van der Waals surface area (Å²) in [5.41, 5.74) is 0.907. The molecule has 0 saturated carbocycles. The second-order valence-corrected chi connectivity index (χ2v) is 6.65. The molecule has 1 aliphatic heterocycles. The highest BCUT2D eigenvalue weighted by Crippen LogP contribution is 2.26. The molecule has 0 spiro atoms. The van der Waals surface area contributed by atoms with Gasteiger partial charge >= 0.3 is 6.18 Å². The lowest BCUT2D eigenvalue weighted by atomic mass is 10.2. The van der Waals surface area contributed by atoms with Crippen molar-refractivity contribution in [2.45, 2.75) is 31.6 Å². The van der Waals surface area contributed by atoms with Gasteiger partial charge in [-0.05, 0) is 31.5 Å². The standard InChI is InChI=1S/C15H16F3N3OS/c16-15(17,18)9-19-14(22)11-5-3-7-21(11)8-13-20-10-4-1-2-6-12(10)23-13/h1-2,4,6,11H,3,5,7-9H2,(H,19,22). The van der Waals surface area contributed by atoms with E-state index < -0.39 is 24.7 Å². The number of halogens is 3. The summed E-state index contributed by atoms with van der Waals surface area (Å²) in [5.74, 6) is -0.555. The van der Waals surface area contributed by atoms with Gasteiger partial charge in [-0.3, -0.25) is 9.69 Å². The van der Waals surface area contributed by atoms with Crippen LogP contribution in [0.5, 0.6) is 0 Å². The van der Waals surface area contributed by atoms with Crippen LogP contribution in [-0.2, 0) is 11.3 Å². The molecule has 1 atom stereocenters. The van der Waals surface area contributed by atoms with Gasteiger partial charge in [0.05, 0.1) is 22.8 Å².